The van der Waals surface area contributed by atoms with E-state index in [1.807, 2.05) is 0 Å². The first-order valence-electron chi connectivity index (χ1n) is 7.68. The number of ether oxygens (including phenoxy) is 1. The number of rotatable bonds is 4. The van der Waals surface area contributed by atoms with Crippen molar-refractivity contribution < 1.29 is 14.3 Å². The molecule has 1 amide bonds. The van der Waals surface area contributed by atoms with Gasteiger partial charge in [0.25, 0.3) is 5.91 Å². The molecule has 3 heterocycles. The van der Waals surface area contributed by atoms with E-state index in [9.17, 15) is 9.59 Å². The largest absolute Gasteiger partial charge is 0.462 e. The summed E-state index contributed by atoms with van der Waals surface area (Å²) in [5.41, 5.74) is 2.10. The van der Waals surface area contributed by atoms with Gasteiger partial charge < -0.3 is 4.74 Å². The normalized spacial score (nSPS) is 13.8. The van der Waals surface area contributed by atoms with Crippen LogP contribution in [0.1, 0.15) is 27.6 Å². The number of carbonyl (C=O) groups excluding carboxylic acids is 2. The smallest absolute Gasteiger partial charge is 0.339 e. The summed E-state index contributed by atoms with van der Waals surface area (Å²) in [6, 6.07) is 6.77. The molecule has 0 radical (unpaired) electrons. The van der Waals surface area contributed by atoms with E-state index in [1.165, 1.54) is 24.2 Å². The monoisotopic (exact) mass is 373 g/mol. The highest BCUT2D eigenvalue weighted by atomic mass is 32.2. The molecule has 0 spiro atoms. The van der Waals surface area contributed by atoms with Crippen LogP contribution in [0.2, 0.25) is 0 Å². The van der Waals surface area contributed by atoms with Gasteiger partial charge in [-0.05, 0) is 31.2 Å². The SMILES string of the molecule is CCOC(=O)c1ccc(-c2ccc(C(=O)N3CCSC3=S)cn2)nc1. The van der Waals surface area contributed by atoms with E-state index in [2.05, 4.69) is 9.97 Å². The van der Waals surface area contributed by atoms with Gasteiger partial charge in [-0.15, -0.1) is 0 Å². The molecule has 25 heavy (non-hydrogen) atoms. The molecule has 1 aliphatic heterocycles. The van der Waals surface area contributed by atoms with Crippen molar-refractivity contribution in [3.8, 4) is 11.4 Å². The van der Waals surface area contributed by atoms with Crippen LogP contribution in [0.25, 0.3) is 11.4 Å². The number of esters is 1. The van der Waals surface area contributed by atoms with Gasteiger partial charge in [0, 0.05) is 24.7 Å². The molecule has 0 atom stereocenters. The standard InChI is InChI=1S/C17H15N3O3S2/c1-2-23-16(22)12-4-6-14(19-10-12)13-5-3-11(9-18-13)15(21)20-7-8-25-17(20)24/h3-6,9-10H,2,7-8H2,1H3. The Morgan fingerprint density at radius 2 is 1.80 bits per heavy atom. The van der Waals surface area contributed by atoms with E-state index in [1.54, 1.807) is 36.1 Å². The molecule has 2 aromatic heterocycles. The van der Waals surface area contributed by atoms with Gasteiger partial charge in [0.05, 0.1) is 29.1 Å². The highest BCUT2D eigenvalue weighted by Gasteiger charge is 2.25. The molecule has 0 N–H and O–H groups in total. The summed E-state index contributed by atoms with van der Waals surface area (Å²) in [6.45, 7) is 2.69. The van der Waals surface area contributed by atoms with Crippen LogP contribution in [0.3, 0.4) is 0 Å². The number of hydrogen-bond acceptors (Lipinski definition) is 7. The first kappa shape index (κ1) is 17.5. The first-order valence-corrected chi connectivity index (χ1v) is 9.07. The summed E-state index contributed by atoms with van der Waals surface area (Å²) in [4.78, 5) is 34.2. The molecule has 0 aromatic carbocycles. The lowest BCUT2D eigenvalue weighted by Gasteiger charge is -2.14. The fraction of sp³-hybridized carbons (Fsp3) is 0.235. The van der Waals surface area contributed by atoms with Crippen LogP contribution in [0.15, 0.2) is 36.7 Å². The Hall–Kier alpha value is -2.32. The zero-order valence-corrected chi connectivity index (χ0v) is 15.1. The third kappa shape index (κ3) is 3.85. The van der Waals surface area contributed by atoms with Gasteiger partial charge in [0.2, 0.25) is 0 Å². The molecule has 1 fully saturated rings. The van der Waals surface area contributed by atoms with Crippen LogP contribution in [0, 0.1) is 0 Å². The summed E-state index contributed by atoms with van der Waals surface area (Å²) in [5, 5.41) is 0. The van der Waals surface area contributed by atoms with Gasteiger partial charge in [-0.1, -0.05) is 24.0 Å². The van der Waals surface area contributed by atoms with Gasteiger partial charge in [-0.2, -0.15) is 0 Å². The van der Waals surface area contributed by atoms with E-state index in [0.29, 0.717) is 40.0 Å². The van der Waals surface area contributed by atoms with Crippen LogP contribution in [0.5, 0.6) is 0 Å². The van der Waals surface area contributed by atoms with E-state index in [-0.39, 0.29) is 5.91 Å². The number of nitrogens with zero attached hydrogens (tertiary/aromatic N) is 3. The van der Waals surface area contributed by atoms with Crippen molar-refractivity contribution in [2.75, 3.05) is 18.9 Å². The molecule has 0 aliphatic carbocycles. The van der Waals surface area contributed by atoms with Crippen LogP contribution >= 0.6 is 24.0 Å². The Bertz CT molecular complexity index is 807. The van der Waals surface area contributed by atoms with Crippen LogP contribution in [-0.2, 0) is 4.74 Å². The zero-order chi connectivity index (χ0) is 17.8. The number of carbonyl (C=O) groups is 2. The fourth-order valence-corrected chi connectivity index (χ4v) is 3.49. The summed E-state index contributed by atoms with van der Waals surface area (Å²) < 4.78 is 5.53. The Balaban J connectivity index is 1.75. The van der Waals surface area contributed by atoms with Crippen LogP contribution < -0.4 is 0 Å². The molecular weight excluding hydrogens is 358 g/mol. The molecule has 0 saturated carbocycles. The van der Waals surface area contributed by atoms with E-state index < -0.39 is 5.97 Å². The fourth-order valence-electron chi connectivity index (χ4n) is 2.29. The topological polar surface area (TPSA) is 72.4 Å². The van der Waals surface area contributed by atoms with Crippen LogP contribution in [0.4, 0.5) is 0 Å². The second-order valence-corrected chi connectivity index (χ2v) is 6.88. The minimum Gasteiger partial charge on any atom is -0.462 e. The van der Waals surface area contributed by atoms with Crippen LogP contribution in [-0.4, -0.2) is 50.0 Å². The van der Waals surface area contributed by atoms with Gasteiger partial charge >= 0.3 is 5.97 Å². The highest BCUT2D eigenvalue weighted by Crippen LogP contribution is 2.21. The summed E-state index contributed by atoms with van der Waals surface area (Å²) in [5.74, 6) is 0.280. The molecule has 8 heteroatoms. The van der Waals surface area contributed by atoms with Crippen molar-refractivity contribution in [2.24, 2.45) is 0 Å². The molecule has 3 rings (SSSR count). The highest BCUT2D eigenvalue weighted by molar-refractivity contribution is 8.23. The van der Waals surface area contributed by atoms with Crippen molar-refractivity contribution in [2.45, 2.75) is 6.92 Å². The van der Waals surface area contributed by atoms with E-state index >= 15 is 0 Å². The molecule has 1 aliphatic rings. The van der Waals surface area contributed by atoms with E-state index in [0.717, 1.165) is 5.75 Å². The van der Waals surface area contributed by atoms with Gasteiger partial charge in [0.15, 0.2) is 0 Å². The lowest BCUT2D eigenvalue weighted by atomic mass is 10.2. The van der Waals surface area contributed by atoms with Crippen molar-refractivity contribution >= 4 is 40.2 Å². The Kier molecular flexibility index (Phi) is 5.40. The molecular formula is C17H15N3O3S2. The maximum absolute atomic E-state index is 12.4. The van der Waals surface area contributed by atoms with E-state index in [4.69, 9.17) is 17.0 Å². The average Bonchev–Trinajstić information content (AvgIpc) is 3.07. The summed E-state index contributed by atoms with van der Waals surface area (Å²) in [6.07, 6.45) is 2.97. The summed E-state index contributed by atoms with van der Waals surface area (Å²) in [7, 11) is 0. The Morgan fingerprint density at radius 3 is 2.28 bits per heavy atom. The van der Waals surface area contributed by atoms with Gasteiger partial charge in [0.1, 0.15) is 4.32 Å². The number of thiocarbonyl (C=S) groups is 1. The predicted octanol–water partition coefficient (Wildman–Crippen LogP) is 2.79. The molecule has 2 aromatic rings. The van der Waals surface area contributed by atoms with Crippen molar-refractivity contribution in [1.29, 1.82) is 0 Å². The molecule has 6 nitrogen and oxygen atoms in total. The van der Waals surface area contributed by atoms with Crippen molar-refractivity contribution in [1.82, 2.24) is 14.9 Å². The minimum atomic E-state index is -0.407. The lowest BCUT2D eigenvalue weighted by Crippen LogP contribution is -2.30. The number of aromatic nitrogens is 2. The summed E-state index contributed by atoms with van der Waals surface area (Å²) >= 11 is 6.67. The lowest BCUT2D eigenvalue weighted by molar-refractivity contribution is 0.0525. The maximum atomic E-state index is 12.4. The van der Waals surface area contributed by atoms with Gasteiger partial charge in [-0.25, -0.2) is 4.79 Å². The van der Waals surface area contributed by atoms with Crippen molar-refractivity contribution in [3.05, 3.63) is 47.8 Å². The zero-order valence-electron chi connectivity index (χ0n) is 13.5. The quantitative estimate of drug-likeness (QED) is 0.603. The molecule has 0 unspecified atom stereocenters. The number of amides is 1. The first-order chi connectivity index (χ1) is 12.1. The second kappa shape index (κ2) is 7.71. The molecule has 1 saturated heterocycles. The maximum Gasteiger partial charge on any atom is 0.339 e. The third-order valence-corrected chi connectivity index (χ3v) is 4.98. The molecule has 128 valence electrons. The minimum absolute atomic E-state index is 0.139. The Morgan fingerprint density at radius 1 is 1.16 bits per heavy atom. The Labute approximate surface area is 154 Å². The average molecular weight is 373 g/mol. The molecule has 0 bridgehead atoms. The number of thioether (sulfide) groups is 1. The van der Waals surface area contributed by atoms with Crippen molar-refractivity contribution in [3.63, 3.8) is 0 Å². The second-order valence-electron chi connectivity index (χ2n) is 5.16. The predicted molar refractivity (Wildman–Crippen MR) is 99.5 cm³/mol. The van der Waals surface area contributed by atoms with Gasteiger partial charge in [-0.3, -0.25) is 19.7 Å². The number of pyridine rings is 2. The third-order valence-electron chi connectivity index (χ3n) is 3.55. The number of hydrogen-bond donors (Lipinski definition) is 0.